The zero-order chi connectivity index (χ0) is 12.0. The SMILES string of the molecule is C#CCNCc1cc(Cl)cc(OC)c1OC.Cl. The number of methoxy groups -OCH3 is 2. The smallest absolute Gasteiger partial charge is 0.165 e. The lowest BCUT2D eigenvalue weighted by Gasteiger charge is -2.13. The minimum atomic E-state index is 0. The first-order chi connectivity index (χ1) is 7.72. The summed E-state index contributed by atoms with van der Waals surface area (Å²) in [6.45, 7) is 1.09. The molecule has 0 aliphatic rings. The molecule has 1 N–H and O–H groups in total. The van der Waals surface area contributed by atoms with Gasteiger partial charge in [0.1, 0.15) is 0 Å². The highest BCUT2D eigenvalue weighted by atomic mass is 35.5. The van der Waals surface area contributed by atoms with Gasteiger partial charge in [0, 0.05) is 23.2 Å². The lowest BCUT2D eigenvalue weighted by Crippen LogP contribution is -2.14. The topological polar surface area (TPSA) is 30.5 Å². The van der Waals surface area contributed by atoms with Crippen molar-refractivity contribution in [3.63, 3.8) is 0 Å². The molecule has 0 saturated carbocycles. The fraction of sp³-hybridized carbons (Fsp3) is 0.333. The molecule has 0 aromatic heterocycles. The van der Waals surface area contributed by atoms with E-state index in [0.29, 0.717) is 29.6 Å². The Bertz CT molecular complexity index is 402. The van der Waals surface area contributed by atoms with E-state index in [9.17, 15) is 0 Å². The van der Waals surface area contributed by atoms with Gasteiger partial charge in [0.05, 0.1) is 20.8 Å². The summed E-state index contributed by atoms with van der Waals surface area (Å²) in [6.07, 6.45) is 5.15. The van der Waals surface area contributed by atoms with Gasteiger partial charge in [-0.25, -0.2) is 0 Å². The van der Waals surface area contributed by atoms with Crippen LogP contribution < -0.4 is 14.8 Å². The van der Waals surface area contributed by atoms with Crippen LogP contribution in [0.4, 0.5) is 0 Å². The molecule has 0 unspecified atom stereocenters. The van der Waals surface area contributed by atoms with Crippen LogP contribution in [0.1, 0.15) is 5.56 Å². The molecule has 5 heteroatoms. The third kappa shape index (κ3) is 4.35. The second-order valence-electron chi connectivity index (χ2n) is 3.11. The molecule has 0 aliphatic carbocycles. The summed E-state index contributed by atoms with van der Waals surface area (Å²) in [6, 6.07) is 3.54. The zero-order valence-electron chi connectivity index (χ0n) is 9.75. The van der Waals surface area contributed by atoms with Crippen LogP contribution in [0.3, 0.4) is 0 Å². The van der Waals surface area contributed by atoms with Crippen LogP contribution in [0.25, 0.3) is 0 Å². The molecule has 0 radical (unpaired) electrons. The largest absolute Gasteiger partial charge is 0.493 e. The van der Waals surface area contributed by atoms with E-state index in [1.165, 1.54) is 0 Å². The standard InChI is InChI=1S/C12H14ClNO2.ClH/c1-4-5-14-8-9-6-10(13)7-11(15-2)12(9)16-3;/h1,6-7,14H,5,8H2,2-3H3;1H. The third-order valence-corrected chi connectivity index (χ3v) is 2.28. The Kier molecular flexibility index (Phi) is 7.56. The number of halogens is 2. The van der Waals surface area contributed by atoms with Crippen molar-refractivity contribution >= 4 is 24.0 Å². The van der Waals surface area contributed by atoms with Crippen molar-refractivity contribution in [3.05, 3.63) is 22.7 Å². The van der Waals surface area contributed by atoms with E-state index in [4.69, 9.17) is 27.5 Å². The highest BCUT2D eigenvalue weighted by Gasteiger charge is 2.11. The summed E-state index contributed by atoms with van der Waals surface area (Å²) in [5.41, 5.74) is 0.919. The second kappa shape index (κ2) is 8.08. The van der Waals surface area contributed by atoms with E-state index in [1.807, 2.05) is 6.07 Å². The lowest BCUT2D eigenvalue weighted by molar-refractivity contribution is 0.351. The maximum atomic E-state index is 5.97. The molecule has 0 fully saturated rings. The first-order valence-electron chi connectivity index (χ1n) is 4.77. The molecule has 0 amide bonds. The Hall–Kier alpha value is -1.08. The quantitative estimate of drug-likeness (QED) is 0.662. The van der Waals surface area contributed by atoms with Crippen LogP contribution in [0.5, 0.6) is 11.5 Å². The molecule has 1 aromatic carbocycles. The average Bonchev–Trinajstić information content (AvgIpc) is 2.28. The Morgan fingerprint density at radius 2 is 2.06 bits per heavy atom. The normalized spacial score (nSPS) is 9.06. The predicted molar refractivity (Wildman–Crippen MR) is 72.3 cm³/mol. The molecule has 94 valence electrons. The molecule has 1 rings (SSSR count). The van der Waals surface area contributed by atoms with E-state index < -0.39 is 0 Å². The van der Waals surface area contributed by atoms with Crippen molar-refractivity contribution in [1.29, 1.82) is 0 Å². The van der Waals surface area contributed by atoms with Gasteiger partial charge in [-0.3, -0.25) is 0 Å². The Labute approximate surface area is 113 Å². The molecular formula is C12H15Cl2NO2. The van der Waals surface area contributed by atoms with Crippen molar-refractivity contribution in [2.45, 2.75) is 6.54 Å². The lowest BCUT2D eigenvalue weighted by atomic mass is 10.2. The minimum Gasteiger partial charge on any atom is -0.493 e. The van der Waals surface area contributed by atoms with Gasteiger partial charge in [-0.15, -0.1) is 18.8 Å². The van der Waals surface area contributed by atoms with E-state index in [-0.39, 0.29) is 12.4 Å². The molecule has 0 bridgehead atoms. The van der Waals surface area contributed by atoms with Crippen molar-refractivity contribution in [2.75, 3.05) is 20.8 Å². The maximum Gasteiger partial charge on any atom is 0.165 e. The second-order valence-corrected chi connectivity index (χ2v) is 3.54. The molecule has 0 atom stereocenters. The number of nitrogens with one attached hydrogen (secondary N) is 1. The monoisotopic (exact) mass is 275 g/mol. The van der Waals surface area contributed by atoms with Gasteiger partial charge >= 0.3 is 0 Å². The van der Waals surface area contributed by atoms with Crippen LogP contribution in [-0.4, -0.2) is 20.8 Å². The highest BCUT2D eigenvalue weighted by Crippen LogP contribution is 2.34. The Morgan fingerprint density at radius 3 is 2.59 bits per heavy atom. The Balaban J connectivity index is 0.00000256. The van der Waals surface area contributed by atoms with Gasteiger partial charge in [0.2, 0.25) is 0 Å². The van der Waals surface area contributed by atoms with E-state index >= 15 is 0 Å². The van der Waals surface area contributed by atoms with Crippen molar-refractivity contribution in [3.8, 4) is 23.8 Å². The number of terminal acetylenes is 1. The molecule has 17 heavy (non-hydrogen) atoms. The Morgan fingerprint density at radius 1 is 1.35 bits per heavy atom. The number of rotatable bonds is 5. The minimum absolute atomic E-state index is 0. The van der Waals surface area contributed by atoms with Crippen LogP contribution >= 0.6 is 24.0 Å². The summed E-state index contributed by atoms with van der Waals surface area (Å²) in [7, 11) is 3.17. The van der Waals surface area contributed by atoms with Crippen LogP contribution in [-0.2, 0) is 6.54 Å². The number of hydrogen-bond donors (Lipinski definition) is 1. The zero-order valence-corrected chi connectivity index (χ0v) is 11.3. The molecule has 0 spiro atoms. The van der Waals surface area contributed by atoms with E-state index in [2.05, 4.69) is 11.2 Å². The third-order valence-electron chi connectivity index (χ3n) is 2.06. The number of ether oxygens (including phenoxy) is 2. The average molecular weight is 276 g/mol. The van der Waals surface area contributed by atoms with Crippen molar-refractivity contribution in [1.82, 2.24) is 5.32 Å². The van der Waals surface area contributed by atoms with Gasteiger partial charge in [0.15, 0.2) is 11.5 Å². The van der Waals surface area contributed by atoms with Gasteiger partial charge in [0.25, 0.3) is 0 Å². The summed E-state index contributed by atoms with van der Waals surface area (Å²) < 4.78 is 10.5. The molecule has 0 heterocycles. The van der Waals surface area contributed by atoms with Gasteiger partial charge in [-0.05, 0) is 6.07 Å². The van der Waals surface area contributed by atoms with Gasteiger partial charge < -0.3 is 14.8 Å². The first-order valence-corrected chi connectivity index (χ1v) is 5.15. The summed E-state index contributed by atoms with van der Waals surface area (Å²) in [5.74, 6) is 3.80. The predicted octanol–water partition coefficient (Wildman–Crippen LogP) is 2.50. The fourth-order valence-corrected chi connectivity index (χ4v) is 1.64. The van der Waals surface area contributed by atoms with Crippen LogP contribution in [0.15, 0.2) is 12.1 Å². The van der Waals surface area contributed by atoms with Crippen molar-refractivity contribution < 1.29 is 9.47 Å². The van der Waals surface area contributed by atoms with Crippen LogP contribution in [0, 0.1) is 12.3 Å². The molecule has 0 saturated heterocycles. The highest BCUT2D eigenvalue weighted by molar-refractivity contribution is 6.30. The molecule has 3 nitrogen and oxygen atoms in total. The number of benzene rings is 1. The fourth-order valence-electron chi connectivity index (χ4n) is 1.41. The van der Waals surface area contributed by atoms with E-state index in [0.717, 1.165) is 5.56 Å². The number of hydrogen-bond acceptors (Lipinski definition) is 3. The summed E-state index contributed by atoms with van der Waals surface area (Å²) in [5, 5.41) is 3.68. The van der Waals surface area contributed by atoms with Crippen LogP contribution in [0.2, 0.25) is 5.02 Å². The van der Waals surface area contributed by atoms with Gasteiger partial charge in [-0.2, -0.15) is 0 Å². The maximum absolute atomic E-state index is 5.97. The van der Waals surface area contributed by atoms with E-state index in [1.54, 1.807) is 20.3 Å². The van der Waals surface area contributed by atoms with Gasteiger partial charge in [-0.1, -0.05) is 17.5 Å². The summed E-state index contributed by atoms with van der Waals surface area (Å²) >= 11 is 5.97. The molecule has 0 aliphatic heterocycles. The van der Waals surface area contributed by atoms with Crippen molar-refractivity contribution in [2.24, 2.45) is 0 Å². The molecular weight excluding hydrogens is 261 g/mol. The summed E-state index contributed by atoms with van der Waals surface area (Å²) in [4.78, 5) is 0. The first kappa shape index (κ1) is 15.9. The molecule has 1 aromatic rings.